The van der Waals surface area contributed by atoms with Crippen LogP contribution < -0.4 is 10.2 Å². The molecular formula is C18H28N4Si. The van der Waals surface area contributed by atoms with E-state index in [1.165, 1.54) is 17.3 Å². The smallest absolute Gasteiger partial charge is 0.139 e. The summed E-state index contributed by atoms with van der Waals surface area (Å²) in [4.78, 5) is 7.03. The van der Waals surface area contributed by atoms with Crippen LogP contribution in [0.4, 0.5) is 5.69 Å². The van der Waals surface area contributed by atoms with Crippen LogP contribution in [0.15, 0.2) is 36.7 Å². The highest BCUT2D eigenvalue weighted by Gasteiger charge is 2.15. The van der Waals surface area contributed by atoms with Gasteiger partial charge in [0.25, 0.3) is 0 Å². The SMILES string of the molecule is C[Si](C)(C)CCn1ccnc1-c1ccc(N2CCNCC2)cc1. The third-order valence-electron chi connectivity index (χ3n) is 4.43. The third-order valence-corrected chi connectivity index (χ3v) is 6.15. The van der Waals surface area contributed by atoms with Crippen molar-refractivity contribution in [1.82, 2.24) is 14.9 Å². The van der Waals surface area contributed by atoms with E-state index in [9.17, 15) is 0 Å². The van der Waals surface area contributed by atoms with Crippen LogP contribution in [-0.4, -0.2) is 43.8 Å². The Labute approximate surface area is 140 Å². The lowest BCUT2D eigenvalue weighted by molar-refractivity contribution is 0.589. The largest absolute Gasteiger partial charge is 0.369 e. The van der Waals surface area contributed by atoms with E-state index in [1.54, 1.807) is 0 Å². The molecule has 0 bridgehead atoms. The molecule has 0 amide bonds. The van der Waals surface area contributed by atoms with Gasteiger partial charge in [0.2, 0.25) is 0 Å². The lowest BCUT2D eigenvalue weighted by atomic mass is 10.1. The van der Waals surface area contributed by atoms with Crippen molar-refractivity contribution in [3.63, 3.8) is 0 Å². The van der Waals surface area contributed by atoms with E-state index < -0.39 is 8.07 Å². The molecule has 1 fully saturated rings. The number of anilines is 1. The fourth-order valence-electron chi connectivity index (χ4n) is 2.95. The monoisotopic (exact) mass is 328 g/mol. The van der Waals surface area contributed by atoms with Crippen LogP contribution in [0, 0.1) is 0 Å². The molecule has 0 atom stereocenters. The Balaban J connectivity index is 1.73. The Bertz CT molecular complexity index is 621. The maximum Gasteiger partial charge on any atom is 0.139 e. The predicted molar refractivity (Wildman–Crippen MR) is 101 cm³/mol. The molecular weight excluding hydrogens is 300 g/mol. The van der Waals surface area contributed by atoms with Gasteiger partial charge in [0.1, 0.15) is 5.82 Å². The number of hydrogen-bond acceptors (Lipinski definition) is 3. The molecule has 23 heavy (non-hydrogen) atoms. The Morgan fingerprint density at radius 2 is 1.78 bits per heavy atom. The van der Waals surface area contributed by atoms with Crippen molar-refractivity contribution in [2.45, 2.75) is 32.2 Å². The first-order valence-electron chi connectivity index (χ1n) is 8.60. The number of aryl methyl sites for hydroxylation is 1. The van der Waals surface area contributed by atoms with Gasteiger partial charge in [0.15, 0.2) is 0 Å². The van der Waals surface area contributed by atoms with Gasteiger partial charge in [0.05, 0.1) is 0 Å². The Hall–Kier alpha value is -1.59. The van der Waals surface area contributed by atoms with E-state index in [4.69, 9.17) is 0 Å². The minimum Gasteiger partial charge on any atom is -0.369 e. The van der Waals surface area contributed by atoms with Gasteiger partial charge in [-0.1, -0.05) is 19.6 Å². The Morgan fingerprint density at radius 1 is 1.09 bits per heavy atom. The Morgan fingerprint density at radius 3 is 2.43 bits per heavy atom. The van der Waals surface area contributed by atoms with Crippen LogP contribution in [-0.2, 0) is 6.54 Å². The second-order valence-corrected chi connectivity index (χ2v) is 13.2. The molecule has 0 spiro atoms. The molecule has 0 radical (unpaired) electrons. The van der Waals surface area contributed by atoms with Gasteiger partial charge < -0.3 is 14.8 Å². The molecule has 1 aliphatic rings. The molecule has 2 aromatic rings. The second-order valence-electron chi connectivity index (χ2n) is 7.54. The quantitative estimate of drug-likeness (QED) is 0.855. The molecule has 0 aliphatic carbocycles. The van der Waals surface area contributed by atoms with Crippen molar-refractivity contribution in [3.8, 4) is 11.4 Å². The molecule has 0 saturated carbocycles. The van der Waals surface area contributed by atoms with Crippen molar-refractivity contribution in [2.24, 2.45) is 0 Å². The standard InChI is InChI=1S/C18H28N4Si/c1-23(2,3)15-14-22-13-10-20-18(22)16-4-6-17(7-5-16)21-11-8-19-9-12-21/h4-7,10,13,19H,8-9,11-12,14-15H2,1-3H3. The van der Waals surface area contributed by atoms with Gasteiger partial charge in [-0.25, -0.2) is 4.98 Å². The van der Waals surface area contributed by atoms with Crippen LogP contribution in [0.1, 0.15) is 0 Å². The van der Waals surface area contributed by atoms with Crippen LogP contribution in [0.5, 0.6) is 0 Å². The third kappa shape index (κ3) is 4.23. The lowest BCUT2D eigenvalue weighted by Crippen LogP contribution is -2.43. The maximum absolute atomic E-state index is 4.58. The predicted octanol–water partition coefficient (Wildman–Crippen LogP) is 3.30. The van der Waals surface area contributed by atoms with Crippen LogP contribution in [0.2, 0.25) is 25.7 Å². The number of nitrogens with zero attached hydrogens (tertiary/aromatic N) is 3. The van der Waals surface area contributed by atoms with Gasteiger partial charge in [-0.15, -0.1) is 0 Å². The van der Waals surface area contributed by atoms with Crippen molar-refractivity contribution in [1.29, 1.82) is 0 Å². The topological polar surface area (TPSA) is 33.1 Å². The number of imidazole rings is 1. The van der Waals surface area contributed by atoms with Gasteiger partial charge in [-0.05, 0) is 30.3 Å². The van der Waals surface area contributed by atoms with Crippen LogP contribution in [0.25, 0.3) is 11.4 Å². The fraction of sp³-hybridized carbons (Fsp3) is 0.500. The van der Waals surface area contributed by atoms with Crippen LogP contribution in [0.3, 0.4) is 0 Å². The summed E-state index contributed by atoms with van der Waals surface area (Å²) >= 11 is 0. The number of benzene rings is 1. The van der Waals surface area contributed by atoms with Gasteiger partial charge >= 0.3 is 0 Å². The van der Waals surface area contributed by atoms with E-state index in [0.717, 1.165) is 38.5 Å². The minimum absolute atomic E-state index is 1.03. The van der Waals surface area contributed by atoms with Crippen molar-refractivity contribution >= 4 is 13.8 Å². The molecule has 0 unspecified atom stereocenters. The van der Waals surface area contributed by atoms with Crippen molar-refractivity contribution in [3.05, 3.63) is 36.7 Å². The van der Waals surface area contributed by atoms with E-state index in [2.05, 4.69) is 69.9 Å². The summed E-state index contributed by atoms with van der Waals surface area (Å²) in [7, 11) is -1.03. The molecule has 5 heteroatoms. The maximum atomic E-state index is 4.58. The average Bonchev–Trinajstić information content (AvgIpc) is 3.02. The minimum atomic E-state index is -1.03. The zero-order valence-corrected chi connectivity index (χ0v) is 15.5. The number of nitrogens with one attached hydrogen (secondary N) is 1. The molecule has 3 rings (SSSR count). The summed E-state index contributed by atoms with van der Waals surface area (Å²) in [5, 5.41) is 3.40. The molecule has 4 nitrogen and oxygen atoms in total. The molecule has 2 heterocycles. The zero-order chi connectivity index (χ0) is 16.3. The van der Waals surface area contributed by atoms with Crippen LogP contribution >= 0.6 is 0 Å². The Kier molecular flexibility index (Phi) is 4.87. The highest BCUT2D eigenvalue weighted by molar-refractivity contribution is 6.76. The van der Waals surface area contributed by atoms with Gasteiger partial charge in [0, 0.05) is 64.4 Å². The zero-order valence-electron chi connectivity index (χ0n) is 14.5. The van der Waals surface area contributed by atoms with Gasteiger partial charge in [-0.2, -0.15) is 0 Å². The number of hydrogen-bond donors (Lipinski definition) is 1. The van der Waals surface area contributed by atoms with E-state index in [0.29, 0.717) is 0 Å². The fourth-order valence-corrected chi connectivity index (χ4v) is 3.86. The molecule has 1 aromatic heterocycles. The number of piperazine rings is 1. The highest BCUT2D eigenvalue weighted by Crippen LogP contribution is 2.23. The molecule has 1 aromatic carbocycles. The van der Waals surface area contributed by atoms with Gasteiger partial charge in [-0.3, -0.25) is 0 Å². The number of aromatic nitrogens is 2. The number of rotatable bonds is 5. The van der Waals surface area contributed by atoms with Crippen molar-refractivity contribution < 1.29 is 0 Å². The molecule has 1 aliphatic heterocycles. The first-order valence-corrected chi connectivity index (χ1v) is 12.3. The first-order chi connectivity index (χ1) is 11.0. The molecule has 1 N–H and O–H groups in total. The summed E-state index contributed by atoms with van der Waals surface area (Å²) in [6, 6.07) is 10.2. The summed E-state index contributed by atoms with van der Waals surface area (Å²) < 4.78 is 2.30. The first kappa shape index (κ1) is 16.3. The van der Waals surface area contributed by atoms with Crippen molar-refractivity contribution in [2.75, 3.05) is 31.1 Å². The van der Waals surface area contributed by atoms with E-state index in [-0.39, 0.29) is 0 Å². The summed E-state index contributed by atoms with van der Waals surface area (Å²) in [5.74, 6) is 1.09. The molecule has 1 saturated heterocycles. The second kappa shape index (κ2) is 6.89. The lowest BCUT2D eigenvalue weighted by Gasteiger charge is -2.29. The van der Waals surface area contributed by atoms with E-state index in [1.807, 2.05) is 6.20 Å². The average molecular weight is 329 g/mol. The summed E-state index contributed by atoms with van der Waals surface area (Å²) in [5.41, 5.74) is 2.53. The molecule has 124 valence electrons. The highest BCUT2D eigenvalue weighted by atomic mass is 28.3. The summed E-state index contributed by atoms with van der Waals surface area (Å²) in [6.45, 7) is 12.7. The van der Waals surface area contributed by atoms with E-state index >= 15 is 0 Å². The normalized spacial score (nSPS) is 15.9. The summed E-state index contributed by atoms with van der Waals surface area (Å²) in [6.07, 6.45) is 4.03.